The first-order valence-electron chi connectivity index (χ1n) is 5.40. The van der Waals surface area contributed by atoms with Crippen molar-refractivity contribution < 1.29 is 9.90 Å². The van der Waals surface area contributed by atoms with E-state index in [-0.39, 0.29) is 12.4 Å². The molecule has 0 fully saturated rings. The molecular weight excluding hydrogens is 226 g/mol. The number of carbonyl (C=O) groups is 1. The van der Waals surface area contributed by atoms with E-state index in [0.717, 1.165) is 32.1 Å². The molecule has 0 aliphatic carbocycles. The van der Waals surface area contributed by atoms with E-state index in [0.29, 0.717) is 6.42 Å². The van der Waals surface area contributed by atoms with Gasteiger partial charge in [-0.3, -0.25) is 9.78 Å². The van der Waals surface area contributed by atoms with Gasteiger partial charge < -0.3 is 5.11 Å². The molecule has 1 aromatic heterocycles. The lowest BCUT2D eigenvalue weighted by atomic mass is 10.1. The number of pyridine rings is 1. The fourth-order valence-electron chi connectivity index (χ4n) is 1.50. The summed E-state index contributed by atoms with van der Waals surface area (Å²) in [6.45, 7) is 0. The quantitative estimate of drug-likeness (QED) is 0.749. The molecule has 1 N–H and O–H groups in total. The Morgan fingerprint density at radius 1 is 1.25 bits per heavy atom. The third-order valence-electron chi connectivity index (χ3n) is 2.33. The van der Waals surface area contributed by atoms with Gasteiger partial charge >= 0.3 is 5.97 Å². The van der Waals surface area contributed by atoms with Crippen LogP contribution in [0.1, 0.15) is 37.7 Å². The topological polar surface area (TPSA) is 50.2 Å². The van der Waals surface area contributed by atoms with Gasteiger partial charge in [0.05, 0.1) is 0 Å². The van der Waals surface area contributed by atoms with Crippen molar-refractivity contribution in [1.29, 1.82) is 0 Å². The Bertz CT molecular complexity index is 290. The molecule has 0 bridgehead atoms. The maximum atomic E-state index is 10.2. The Labute approximate surface area is 102 Å². The van der Waals surface area contributed by atoms with E-state index in [2.05, 4.69) is 11.1 Å². The van der Waals surface area contributed by atoms with Crippen LogP contribution in [0.15, 0.2) is 24.5 Å². The van der Waals surface area contributed by atoms with Crippen LogP contribution in [0.25, 0.3) is 0 Å². The van der Waals surface area contributed by atoms with Crippen LogP contribution in [0.3, 0.4) is 0 Å². The van der Waals surface area contributed by atoms with E-state index in [4.69, 9.17) is 5.11 Å². The number of aryl methyl sites for hydroxylation is 1. The average molecular weight is 244 g/mol. The summed E-state index contributed by atoms with van der Waals surface area (Å²) in [4.78, 5) is 14.3. The highest BCUT2D eigenvalue weighted by Crippen LogP contribution is 2.07. The Hall–Kier alpha value is -1.09. The zero-order valence-corrected chi connectivity index (χ0v) is 10.1. The second-order valence-corrected chi connectivity index (χ2v) is 3.67. The second kappa shape index (κ2) is 9.16. The second-order valence-electron chi connectivity index (χ2n) is 3.67. The molecule has 0 saturated heterocycles. The van der Waals surface area contributed by atoms with Crippen LogP contribution in [-0.4, -0.2) is 16.1 Å². The number of carboxylic acid groups (broad SMARTS) is 1. The predicted octanol–water partition coefficient (Wildman–Crippen LogP) is 3.08. The van der Waals surface area contributed by atoms with Gasteiger partial charge in [0.1, 0.15) is 0 Å². The van der Waals surface area contributed by atoms with Crippen LogP contribution in [0.5, 0.6) is 0 Å². The van der Waals surface area contributed by atoms with Crippen LogP contribution < -0.4 is 0 Å². The molecule has 1 aromatic rings. The van der Waals surface area contributed by atoms with E-state index in [9.17, 15) is 4.79 Å². The minimum absolute atomic E-state index is 0. The van der Waals surface area contributed by atoms with Crippen molar-refractivity contribution >= 4 is 18.4 Å². The first-order chi connectivity index (χ1) is 7.29. The molecular formula is C12H18ClNO2. The van der Waals surface area contributed by atoms with Crippen LogP contribution in [0.2, 0.25) is 0 Å². The van der Waals surface area contributed by atoms with Crippen molar-refractivity contribution in [2.24, 2.45) is 0 Å². The summed E-state index contributed by atoms with van der Waals surface area (Å²) in [6.07, 6.45) is 9.02. The average Bonchev–Trinajstić information content (AvgIpc) is 2.24. The van der Waals surface area contributed by atoms with Crippen molar-refractivity contribution in [3.8, 4) is 0 Å². The van der Waals surface area contributed by atoms with Gasteiger partial charge in [0.25, 0.3) is 0 Å². The van der Waals surface area contributed by atoms with Gasteiger partial charge in [0.15, 0.2) is 0 Å². The third kappa shape index (κ3) is 7.23. The van der Waals surface area contributed by atoms with Gasteiger partial charge in [-0.15, -0.1) is 12.4 Å². The zero-order valence-electron chi connectivity index (χ0n) is 9.26. The molecule has 0 aliphatic rings. The Balaban J connectivity index is 0.00000225. The first-order valence-corrected chi connectivity index (χ1v) is 5.40. The smallest absolute Gasteiger partial charge is 0.303 e. The third-order valence-corrected chi connectivity index (χ3v) is 2.33. The fraction of sp³-hybridized carbons (Fsp3) is 0.500. The summed E-state index contributed by atoms with van der Waals surface area (Å²) in [5.74, 6) is -0.692. The number of rotatable bonds is 7. The van der Waals surface area contributed by atoms with E-state index in [1.807, 2.05) is 12.3 Å². The van der Waals surface area contributed by atoms with Gasteiger partial charge in [-0.05, 0) is 30.9 Å². The lowest BCUT2D eigenvalue weighted by molar-refractivity contribution is -0.137. The molecule has 0 aliphatic heterocycles. The molecule has 16 heavy (non-hydrogen) atoms. The molecule has 90 valence electrons. The maximum absolute atomic E-state index is 10.2. The number of hydrogen-bond donors (Lipinski definition) is 1. The van der Waals surface area contributed by atoms with Crippen molar-refractivity contribution in [2.45, 2.75) is 38.5 Å². The van der Waals surface area contributed by atoms with Gasteiger partial charge in [-0.25, -0.2) is 0 Å². The molecule has 0 unspecified atom stereocenters. The fourth-order valence-corrected chi connectivity index (χ4v) is 1.50. The lowest BCUT2D eigenvalue weighted by Crippen LogP contribution is -1.94. The lowest BCUT2D eigenvalue weighted by Gasteiger charge is -2.00. The molecule has 0 aromatic carbocycles. The molecule has 0 spiro atoms. The SMILES string of the molecule is Cl.O=C(O)CCCCCCc1cccnc1. The highest BCUT2D eigenvalue weighted by atomic mass is 35.5. The molecule has 4 heteroatoms. The first kappa shape index (κ1) is 14.9. The predicted molar refractivity (Wildman–Crippen MR) is 65.9 cm³/mol. The number of aliphatic carboxylic acids is 1. The van der Waals surface area contributed by atoms with Crippen molar-refractivity contribution in [3.63, 3.8) is 0 Å². The number of carboxylic acids is 1. The standard InChI is InChI=1S/C12H17NO2.ClH/c14-12(15)8-4-2-1-3-6-11-7-5-9-13-10-11;/h5,7,9-10H,1-4,6,8H2,(H,14,15);1H. The van der Waals surface area contributed by atoms with Crippen LogP contribution >= 0.6 is 12.4 Å². The van der Waals surface area contributed by atoms with Gasteiger partial charge in [-0.2, -0.15) is 0 Å². The minimum Gasteiger partial charge on any atom is -0.481 e. The van der Waals surface area contributed by atoms with E-state index in [1.165, 1.54) is 5.56 Å². The number of unbranched alkanes of at least 4 members (excludes halogenated alkanes) is 3. The summed E-state index contributed by atoms with van der Waals surface area (Å²) in [6, 6.07) is 4.02. The van der Waals surface area contributed by atoms with Crippen molar-refractivity contribution in [2.75, 3.05) is 0 Å². The minimum atomic E-state index is -0.692. The monoisotopic (exact) mass is 243 g/mol. The summed E-state index contributed by atoms with van der Waals surface area (Å²) in [5.41, 5.74) is 1.26. The summed E-state index contributed by atoms with van der Waals surface area (Å²) >= 11 is 0. The van der Waals surface area contributed by atoms with Crippen LogP contribution in [-0.2, 0) is 11.2 Å². The van der Waals surface area contributed by atoms with E-state index < -0.39 is 5.97 Å². The molecule has 0 radical (unpaired) electrons. The summed E-state index contributed by atoms with van der Waals surface area (Å²) in [7, 11) is 0. The largest absolute Gasteiger partial charge is 0.481 e. The van der Waals surface area contributed by atoms with Crippen molar-refractivity contribution in [1.82, 2.24) is 4.98 Å². The molecule has 1 heterocycles. The van der Waals surface area contributed by atoms with Crippen molar-refractivity contribution in [3.05, 3.63) is 30.1 Å². The molecule has 0 amide bonds. The molecule has 0 atom stereocenters. The number of halogens is 1. The summed E-state index contributed by atoms with van der Waals surface area (Å²) in [5, 5.41) is 8.44. The normalized spacial score (nSPS) is 9.50. The number of nitrogens with zero attached hydrogens (tertiary/aromatic N) is 1. The molecule has 1 rings (SSSR count). The molecule has 3 nitrogen and oxygen atoms in total. The van der Waals surface area contributed by atoms with E-state index >= 15 is 0 Å². The van der Waals surface area contributed by atoms with E-state index in [1.54, 1.807) is 6.20 Å². The van der Waals surface area contributed by atoms with Gasteiger partial charge in [0, 0.05) is 18.8 Å². The number of aromatic nitrogens is 1. The zero-order chi connectivity index (χ0) is 10.9. The summed E-state index contributed by atoms with van der Waals surface area (Å²) < 4.78 is 0. The Morgan fingerprint density at radius 2 is 2.00 bits per heavy atom. The maximum Gasteiger partial charge on any atom is 0.303 e. The van der Waals surface area contributed by atoms with Crippen LogP contribution in [0, 0.1) is 0 Å². The van der Waals surface area contributed by atoms with Gasteiger partial charge in [0.2, 0.25) is 0 Å². The Kier molecular flexibility index (Phi) is 8.53. The highest BCUT2D eigenvalue weighted by molar-refractivity contribution is 5.85. The molecule has 0 saturated carbocycles. The Morgan fingerprint density at radius 3 is 2.62 bits per heavy atom. The van der Waals surface area contributed by atoms with Gasteiger partial charge in [-0.1, -0.05) is 18.9 Å². The highest BCUT2D eigenvalue weighted by Gasteiger charge is 1.97. The van der Waals surface area contributed by atoms with Crippen LogP contribution in [0.4, 0.5) is 0 Å². The number of hydrogen-bond acceptors (Lipinski definition) is 2.